The van der Waals surface area contributed by atoms with Crippen molar-refractivity contribution in [2.24, 2.45) is 0 Å². The summed E-state index contributed by atoms with van der Waals surface area (Å²) in [5.74, 6) is -1.000. The third-order valence-electron chi connectivity index (χ3n) is 3.19. The highest BCUT2D eigenvalue weighted by Gasteiger charge is 2.13. The lowest BCUT2D eigenvalue weighted by atomic mass is 10.1. The minimum atomic E-state index is -1.21. The SMILES string of the molecule is COc1ccc(C=C(NC(=O)c2cccc(C)c2)C(=O)O)cc1. The van der Waals surface area contributed by atoms with Gasteiger partial charge in [-0.15, -0.1) is 0 Å². The third-order valence-corrected chi connectivity index (χ3v) is 3.19. The number of aryl methyl sites for hydroxylation is 1. The second kappa shape index (κ2) is 7.26. The number of ether oxygens (including phenoxy) is 1. The fourth-order valence-corrected chi connectivity index (χ4v) is 2.00. The lowest BCUT2D eigenvalue weighted by Gasteiger charge is -2.07. The number of amides is 1. The Hall–Kier alpha value is -3.08. The molecule has 0 spiro atoms. The Morgan fingerprint density at radius 1 is 1.13 bits per heavy atom. The Kier molecular flexibility index (Phi) is 5.15. The highest BCUT2D eigenvalue weighted by atomic mass is 16.5. The fourth-order valence-electron chi connectivity index (χ4n) is 2.00. The van der Waals surface area contributed by atoms with Crippen LogP contribution < -0.4 is 10.1 Å². The third kappa shape index (κ3) is 4.44. The molecular formula is C18H17NO4. The molecule has 2 aromatic rings. The Balaban J connectivity index is 2.22. The monoisotopic (exact) mass is 311 g/mol. The number of carbonyl (C=O) groups excluding carboxylic acids is 1. The van der Waals surface area contributed by atoms with Crippen molar-refractivity contribution in [1.29, 1.82) is 0 Å². The van der Waals surface area contributed by atoms with Gasteiger partial charge in [-0.2, -0.15) is 0 Å². The van der Waals surface area contributed by atoms with Crippen LogP contribution in [0.4, 0.5) is 0 Å². The number of aliphatic carboxylic acids is 1. The van der Waals surface area contributed by atoms with Gasteiger partial charge in [-0.1, -0.05) is 29.8 Å². The van der Waals surface area contributed by atoms with E-state index in [1.54, 1.807) is 49.6 Å². The average molecular weight is 311 g/mol. The molecule has 0 saturated heterocycles. The van der Waals surface area contributed by atoms with Crippen LogP contribution in [0.1, 0.15) is 21.5 Å². The van der Waals surface area contributed by atoms with Gasteiger partial charge in [-0.05, 0) is 42.8 Å². The second-order valence-electron chi connectivity index (χ2n) is 4.96. The lowest BCUT2D eigenvalue weighted by Crippen LogP contribution is -2.27. The van der Waals surface area contributed by atoms with Crippen LogP contribution in [-0.4, -0.2) is 24.1 Å². The van der Waals surface area contributed by atoms with E-state index < -0.39 is 11.9 Å². The zero-order valence-corrected chi connectivity index (χ0v) is 12.9. The molecule has 118 valence electrons. The summed E-state index contributed by atoms with van der Waals surface area (Å²) in [6, 6.07) is 13.8. The van der Waals surface area contributed by atoms with Gasteiger partial charge in [0.2, 0.25) is 0 Å². The molecule has 0 bridgehead atoms. The molecule has 0 atom stereocenters. The number of rotatable bonds is 5. The maximum atomic E-state index is 12.2. The van der Waals surface area contributed by atoms with Crippen LogP contribution in [0.5, 0.6) is 5.75 Å². The van der Waals surface area contributed by atoms with Crippen LogP contribution in [0, 0.1) is 6.92 Å². The van der Waals surface area contributed by atoms with E-state index in [1.165, 1.54) is 6.08 Å². The molecular weight excluding hydrogens is 294 g/mol. The standard InChI is InChI=1S/C18H17NO4/c1-12-4-3-5-14(10-12)17(20)19-16(18(21)22)11-13-6-8-15(23-2)9-7-13/h3-11H,1-2H3,(H,19,20)(H,21,22). The highest BCUT2D eigenvalue weighted by Crippen LogP contribution is 2.14. The number of carboxylic acids is 1. The molecule has 0 aliphatic heterocycles. The number of benzene rings is 2. The van der Waals surface area contributed by atoms with Crippen molar-refractivity contribution >= 4 is 18.0 Å². The van der Waals surface area contributed by atoms with Crippen molar-refractivity contribution in [2.45, 2.75) is 6.92 Å². The number of nitrogens with one attached hydrogen (secondary N) is 1. The largest absolute Gasteiger partial charge is 0.497 e. The molecule has 0 aliphatic carbocycles. The number of carboxylic acid groups (broad SMARTS) is 1. The van der Waals surface area contributed by atoms with Gasteiger partial charge in [-0.3, -0.25) is 4.79 Å². The van der Waals surface area contributed by atoms with Gasteiger partial charge < -0.3 is 15.2 Å². The van der Waals surface area contributed by atoms with Gasteiger partial charge in [-0.25, -0.2) is 4.79 Å². The van der Waals surface area contributed by atoms with Gasteiger partial charge in [0.1, 0.15) is 11.4 Å². The van der Waals surface area contributed by atoms with Gasteiger partial charge in [0.15, 0.2) is 0 Å². The maximum absolute atomic E-state index is 12.2. The first-order valence-electron chi connectivity index (χ1n) is 6.96. The number of hydrogen-bond acceptors (Lipinski definition) is 3. The van der Waals surface area contributed by atoms with Crippen LogP contribution in [0.2, 0.25) is 0 Å². The van der Waals surface area contributed by atoms with Crippen molar-refractivity contribution in [1.82, 2.24) is 5.32 Å². The van der Waals surface area contributed by atoms with Crippen molar-refractivity contribution in [2.75, 3.05) is 7.11 Å². The van der Waals surface area contributed by atoms with Gasteiger partial charge in [0, 0.05) is 5.56 Å². The molecule has 0 aromatic heterocycles. The maximum Gasteiger partial charge on any atom is 0.352 e. The highest BCUT2D eigenvalue weighted by molar-refractivity contribution is 6.02. The summed E-state index contributed by atoms with van der Waals surface area (Å²) in [6.45, 7) is 1.86. The molecule has 0 radical (unpaired) electrons. The summed E-state index contributed by atoms with van der Waals surface area (Å²) >= 11 is 0. The molecule has 2 aromatic carbocycles. The van der Waals surface area contributed by atoms with Crippen molar-refractivity contribution in [3.63, 3.8) is 0 Å². The van der Waals surface area contributed by atoms with E-state index in [2.05, 4.69) is 5.32 Å². The first kappa shape index (κ1) is 16.3. The Labute approximate surface area is 134 Å². The fraction of sp³-hybridized carbons (Fsp3) is 0.111. The zero-order chi connectivity index (χ0) is 16.8. The van der Waals surface area contributed by atoms with E-state index in [9.17, 15) is 14.7 Å². The molecule has 2 N–H and O–H groups in total. The molecule has 0 fully saturated rings. The minimum Gasteiger partial charge on any atom is -0.497 e. The Bertz CT molecular complexity index is 748. The first-order chi connectivity index (χ1) is 11.0. The zero-order valence-electron chi connectivity index (χ0n) is 12.9. The van der Waals surface area contributed by atoms with Gasteiger partial charge in [0.25, 0.3) is 5.91 Å². The van der Waals surface area contributed by atoms with E-state index in [0.29, 0.717) is 16.9 Å². The number of carbonyl (C=O) groups is 2. The molecule has 0 aliphatic rings. The molecule has 1 amide bonds. The van der Waals surface area contributed by atoms with Crippen molar-refractivity contribution in [3.8, 4) is 5.75 Å². The molecule has 2 rings (SSSR count). The number of hydrogen-bond donors (Lipinski definition) is 2. The van der Waals surface area contributed by atoms with Crippen molar-refractivity contribution in [3.05, 3.63) is 70.9 Å². The van der Waals surface area contributed by atoms with Gasteiger partial charge in [0.05, 0.1) is 7.11 Å². The van der Waals surface area contributed by atoms with Crippen LogP contribution >= 0.6 is 0 Å². The summed E-state index contributed by atoms with van der Waals surface area (Å²) in [4.78, 5) is 23.5. The Morgan fingerprint density at radius 3 is 2.39 bits per heavy atom. The van der Waals surface area contributed by atoms with Gasteiger partial charge >= 0.3 is 5.97 Å². The van der Waals surface area contributed by atoms with Crippen molar-refractivity contribution < 1.29 is 19.4 Å². The summed E-state index contributed by atoms with van der Waals surface area (Å²) < 4.78 is 5.05. The molecule has 0 saturated carbocycles. The molecule has 5 nitrogen and oxygen atoms in total. The summed E-state index contributed by atoms with van der Waals surface area (Å²) in [5, 5.41) is 11.7. The summed E-state index contributed by atoms with van der Waals surface area (Å²) in [7, 11) is 1.55. The predicted octanol–water partition coefficient (Wildman–Crippen LogP) is 2.86. The average Bonchev–Trinajstić information content (AvgIpc) is 2.54. The molecule has 0 unspecified atom stereocenters. The number of methoxy groups -OCH3 is 1. The first-order valence-corrected chi connectivity index (χ1v) is 6.96. The normalized spacial score (nSPS) is 11.0. The van der Waals surface area contributed by atoms with E-state index >= 15 is 0 Å². The molecule has 5 heteroatoms. The molecule has 23 heavy (non-hydrogen) atoms. The topological polar surface area (TPSA) is 75.6 Å². The smallest absolute Gasteiger partial charge is 0.352 e. The lowest BCUT2D eigenvalue weighted by molar-refractivity contribution is -0.132. The second-order valence-corrected chi connectivity index (χ2v) is 4.96. The van der Waals surface area contributed by atoms with E-state index in [1.807, 2.05) is 13.0 Å². The van der Waals surface area contributed by atoms with Crippen LogP contribution in [0.25, 0.3) is 6.08 Å². The minimum absolute atomic E-state index is 0.193. The van der Waals surface area contributed by atoms with Crippen LogP contribution in [-0.2, 0) is 4.79 Å². The van der Waals surface area contributed by atoms with E-state index in [0.717, 1.165) is 5.56 Å². The van der Waals surface area contributed by atoms with E-state index in [-0.39, 0.29) is 5.70 Å². The van der Waals surface area contributed by atoms with Crippen LogP contribution in [0.3, 0.4) is 0 Å². The quantitative estimate of drug-likeness (QED) is 0.833. The van der Waals surface area contributed by atoms with E-state index in [4.69, 9.17) is 4.74 Å². The summed E-state index contributed by atoms with van der Waals surface area (Å²) in [6.07, 6.45) is 1.40. The predicted molar refractivity (Wildman–Crippen MR) is 87.3 cm³/mol. The Morgan fingerprint density at radius 2 is 1.83 bits per heavy atom. The summed E-state index contributed by atoms with van der Waals surface area (Å²) in [5.41, 5.74) is 1.79. The van der Waals surface area contributed by atoms with Crippen LogP contribution in [0.15, 0.2) is 54.2 Å². The molecule has 0 heterocycles.